The van der Waals surface area contributed by atoms with Gasteiger partial charge in [-0.15, -0.1) is 0 Å². The first-order valence-corrected chi connectivity index (χ1v) is 8.16. The second-order valence-electron chi connectivity index (χ2n) is 6.03. The van der Waals surface area contributed by atoms with Gasteiger partial charge in [0.15, 0.2) is 0 Å². The number of anilines is 1. The summed E-state index contributed by atoms with van der Waals surface area (Å²) in [4.78, 5) is 23.6. The second-order valence-corrected chi connectivity index (χ2v) is 6.03. The van der Waals surface area contributed by atoms with Gasteiger partial charge in [-0.3, -0.25) is 9.59 Å². The molecule has 2 amide bonds. The Morgan fingerprint density at radius 1 is 1.08 bits per heavy atom. The summed E-state index contributed by atoms with van der Waals surface area (Å²) in [5.41, 5.74) is 1.16. The van der Waals surface area contributed by atoms with Gasteiger partial charge in [0.2, 0.25) is 11.8 Å². The number of rotatable bonds is 6. The van der Waals surface area contributed by atoms with Gasteiger partial charge in [-0.25, -0.2) is 8.78 Å². The third-order valence-electron chi connectivity index (χ3n) is 3.59. The van der Waals surface area contributed by atoms with Crippen molar-refractivity contribution in [1.29, 1.82) is 0 Å². The molecule has 0 radical (unpaired) electrons. The van der Waals surface area contributed by atoms with E-state index in [0.29, 0.717) is 5.69 Å². The summed E-state index contributed by atoms with van der Waals surface area (Å²) >= 11 is 0. The molecule has 0 saturated carbocycles. The van der Waals surface area contributed by atoms with Crippen LogP contribution in [0.5, 0.6) is 0 Å². The Labute approximate surface area is 150 Å². The molecule has 0 fully saturated rings. The fourth-order valence-corrected chi connectivity index (χ4v) is 2.12. The van der Waals surface area contributed by atoms with Gasteiger partial charge in [0.05, 0.1) is 0 Å². The van der Waals surface area contributed by atoms with Gasteiger partial charge in [-0.05, 0) is 35.9 Å². The van der Waals surface area contributed by atoms with Gasteiger partial charge in [0, 0.05) is 29.8 Å². The normalized spacial score (nSPS) is 11.0. The molecule has 4 nitrogen and oxygen atoms in total. The molecular weight excluding hydrogens is 338 g/mol. The van der Waals surface area contributed by atoms with E-state index in [1.54, 1.807) is 38.1 Å². The van der Waals surface area contributed by atoms with Crippen LogP contribution < -0.4 is 10.6 Å². The molecule has 0 aliphatic rings. The van der Waals surface area contributed by atoms with Crippen LogP contribution in [0.1, 0.15) is 25.0 Å². The zero-order chi connectivity index (χ0) is 19.1. The summed E-state index contributed by atoms with van der Waals surface area (Å²) in [6, 6.07) is 10.6. The minimum Gasteiger partial charge on any atom is -0.348 e. The predicted octanol–water partition coefficient (Wildman–Crippen LogP) is 3.89. The first kappa shape index (κ1) is 19.3. The van der Waals surface area contributed by atoms with Crippen molar-refractivity contribution < 1.29 is 18.4 Å². The number of halogens is 2. The van der Waals surface area contributed by atoms with Gasteiger partial charge < -0.3 is 10.6 Å². The molecule has 0 aliphatic carbocycles. The number of benzene rings is 2. The molecule has 0 saturated heterocycles. The quantitative estimate of drug-likeness (QED) is 0.770. The Bertz CT molecular complexity index is 812. The fourth-order valence-electron chi connectivity index (χ4n) is 2.12. The number of carbonyl (C=O) groups excluding carboxylic acids is 2. The molecule has 2 rings (SSSR count). The van der Waals surface area contributed by atoms with Crippen LogP contribution >= 0.6 is 0 Å². The lowest BCUT2D eigenvalue weighted by molar-refractivity contribution is -0.119. The standard InChI is InChI=1S/C20H20F2N2O2/c1-13(2)20(26)24-15-6-3-5-14(11-15)12-23-19(25)10-9-16-17(21)7-4-8-18(16)22/h3-11,13H,12H2,1-2H3,(H,23,25)(H,24,26). The maximum Gasteiger partial charge on any atom is 0.244 e. The van der Waals surface area contributed by atoms with Crippen molar-refractivity contribution in [2.75, 3.05) is 5.32 Å². The molecule has 2 aromatic carbocycles. The van der Waals surface area contributed by atoms with Gasteiger partial charge in [-0.2, -0.15) is 0 Å². The molecule has 0 atom stereocenters. The van der Waals surface area contributed by atoms with Crippen LogP contribution in [0.25, 0.3) is 6.08 Å². The lowest BCUT2D eigenvalue weighted by atomic mass is 10.1. The highest BCUT2D eigenvalue weighted by Gasteiger charge is 2.08. The van der Waals surface area contributed by atoms with Crippen LogP contribution in [-0.4, -0.2) is 11.8 Å². The zero-order valence-electron chi connectivity index (χ0n) is 14.6. The number of amides is 2. The smallest absolute Gasteiger partial charge is 0.244 e. The van der Waals surface area contributed by atoms with Gasteiger partial charge in [0.25, 0.3) is 0 Å². The Balaban J connectivity index is 1.95. The van der Waals surface area contributed by atoms with E-state index in [0.717, 1.165) is 29.8 Å². The molecule has 0 bridgehead atoms. The Hall–Kier alpha value is -3.02. The van der Waals surface area contributed by atoms with Gasteiger partial charge in [-0.1, -0.05) is 32.0 Å². The molecule has 2 N–H and O–H groups in total. The highest BCUT2D eigenvalue weighted by molar-refractivity contribution is 5.92. The van der Waals surface area contributed by atoms with Crippen LogP contribution in [0.2, 0.25) is 0 Å². The van der Waals surface area contributed by atoms with Gasteiger partial charge in [0.1, 0.15) is 11.6 Å². The maximum atomic E-state index is 13.5. The van der Waals surface area contributed by atoms with E-state index in [1.807, 2.05) is 0 Å². The Kier molecular flexibility index (Phi) is 6.60. The third kappa shape index (κ3) is 5.51. The molecule has 0 unspecified atom stereocenters. The summed E-state index contributed by atoms with van der Waals surface area (Å²) in [6.07, 6.45) is 2.17. The largest absolute Gasteiger partial charge is 0.348 e. The first-order valence-electron chi connectivity index (χ1n) is 8.16. The maximum absolute atomic E-state index is 13.5. The van der Waals surface area contributed by atoms with E-state index in [-0.39, 0.29) is 23.9 Å². The van der Waals surface area contributed by atoms with Crippen LogP contribution in [-0.2, 0) is 16.1 Å². The summed E-state index contributed by atoms with van der Waals surface area (Å²) < 4.78 is 27.0. The lowest BCUT2D eigenvalue weighted by Crippen LogP contribution is -2.21. The van der Waals surface area contributed by atoms with E-state index >= 15 is 0 Å². The zero-order valence-corrected chi connectivity index (χ0v) is 14.6. The van der Waals surface area contributed by atoms with Crippen LogP contribution in [0, 0.1) is 17.6 Å². The topological polar surface area (TPSA) is 58.2 Å². The molecule has 0 heterocycles. The molecular formula is C20H20F2N2O2. The lowest BCUT2D eigenvalue weighted by Gasteiger charge is -2.09. The van der Waals surface area contributed by atoms with E-state index in [2.05, 4.69) is 10.6 Å². The van der Waals surface area contributed by atoms with Crippen molar-refractivity contribution in [1.82, 2.24) is 5.32 Å². The Morgan fingerprint density at radius 2 is 1.73 bits per heavy atom. The number of hydrogen-bond acceptors (Lipinski definition) is 2. The van der Waals surface area contributed by atoms with Crippen molar-refractivity contribution >= 4 is 23.6 Å². The van der Waals surface area contributed by atoms with Crippen LogP contribution in [0.4, 0.5) is 14.5 Å². The monoisotopic (exact) mass is 358 g/mol. The minimum absolute atomic E-state index is 0.0963. The molecule has 26 heavy (non-hydrogen) atoms. The van der Waals surface area contributed by atoms with Crippen LogP contribution in [0.15, 0.2) is 48.5 Å². The SMILES string of the molecule is CC(C)C(=O)Nc1cccc(CNC(=O)C=Cc2c(F)cccc2F)c1. The summed E-state index contributed by atoms with van der Waals surface area (Å²) in [7, 11) is 0. The summed E-state index contributed by atoms with van der Waals surface area (Å²) in [6.45, 7) is 3.81. The fraction of sp³-hybridized carbons (Fsp3) is 0.200. The van der Waals surface area contributed by atoms with Crippen molar-refractivity contribution in [3.05, 3.63) is 71.3 Å². The molecule has 0 spiro atoms. The molecule has 2 aromatic rings. The number of carbonyl (C=O) groups is 2. The average molecular weight is 358 g/mol. The predicted molar refractivity (Wildman–Crippen MR) is 97.1 cm³/mol. The molecule has 0 aliphatic heterocycles. The van der Waals surface area contributed by atoms with E-state index in [9.17, 15) is 18.4 Å². The van der Waals surface area contributed by atoms with Crippen molar-refractivity contribution in [3.63, 3.8) is 0 Å². The van der Waals surface area contributed by atoms with Crippen molar-refractivity contribution in [2.24, 2.45) is 5.92 Å². The van der Waals surface area contributed by atoms with E-state index < -0.39 is 17.5 Å². The minimum atomic E-state index is -0.734. The van der Waals surface area contributed by atoms with E-state index in [1.165, 1.54) is 6.07 Å². The first-order chi connectivity index (χ1) is 12.4. The molecule has 0 aromatic heterocycles. The average Bonchev–Trinajstić information content (AvgIpc) is 2.59. The highest BCUT2D eigenvalue weighted by atomic mass is 19.1. The number of hydrogen-bond donors (Lipinski definition) is 2. The van der Waals surface area contributed by atoms with E-state index in [4.69, 9.17) is 0 Å². The molecule has 136 valence electrons. The van der Waals surface area contributed by atoms with Crippen LogP contribution in [0.3, 0.4) is 0 Å². The van der Waals surface area contributed by atoms with Gasteiger partial charge >= 0.3 is 0 Å². The second kappa shape index (κ2) is 8.89. The summed E-state index contributed by atoms with van der Waals surface area (Å²) in [5.74, 6) is -2.18. The highest BCUT2D eigenvalue weighted by Crippen LogP contribution is 2.14. The Morgan fingerprint density at radius 3 is 2.38 bits per heavy atom. The van der Waals surface area contributed by atoms with Crippen molar-refractivity contribution in [2.45, 2.75) is 20.4 Å². The summed E-state index contributed by atoms with van der Waals surface area (Å²) in [5, 5.41) is 5.41. The number of nitrogens with one attached hydrogen (secondary N) is 2. The molecule has 6 heteroatoms. The third-order valence-corrected chi connectivity index (χ3v) is 3.59. The van der Waals surface area contributed by atoms with Crippen molar-refractivity contribution in [3.8, 4) is 0 Å².